The van der Waals surface area contributed by atoms with Gasteiger partial charge in [0.15, 0.2) is 0 Å². The Kier molecular flexibility index (Phi) is 5.82. The zero-order chi connectivity index (χ0) is 15.1. The Labute approximate surface area is 131 Å². The highest BCUT2D eigenvalue weighted by Crippen LogP contribution is 2.27. The van der Waals surface area contributed by atoms with Crippen LogP contribution in [0.2, 0.25) is 0 Å². The Bertz CT molecular complexity index is 514. The van der Waals surface area contributed by atoms with Crippen LogP contribution in [0.4, 0.5) is 0 Å². The van der Waals surface area contributed by atoms with Crippen molar-refractivity contribution in [3.8, 4) is 0 Å². The zero-order valence-electron chi connectivity index (χ0n) is 12.1. The maximum Gasteiger partial charge on any atom is 0.237 e. The molecule has 2 aromatic rings. The summed E-state index contributed by atoms with van der Waals surface area (Å²) >= 11 is 5.77. The summed E-state index contributed by atoms with van der Waals surface area (Å²) in [5.41, 5.74) is 2.52. The van der Waals surface area contributed by atoms with Crippen molar-refractivity contribution in [2.75, 3.05) is 6.54 Å². The van der Waals surface area contributed by atoms with E-state index in [-0.39, 0.29) is 11.8 Å². The first-order valence-electron chi connectivity index (χ1n) is 7.20. The van der Waals surface area contributed by atoms with E-state index in [0.717, 1.165) is 6.42 Å². The largest absolute Gasteiger partial charge is 0.355 e. The van der Waals surface area contributed by atoms with Gasteiger partial charge in [-0.25, -0.2) is 0 Å². The summed E-state index contributed by atoms with van der Waals surface area (Å²) in [5.74, 6) is 0.162. The first-order chi connectivity index (χ1) is 10.2. The lowest BCUT2D eigenvalue weighted by Gasteiger charge is -2.18. The van der Waals surface area contributed by atoms with Crippen LogP contribution < -0.4 is 5.32 Å². The van der Waals surface area contributed by atoms with E-state index >= 15 is 0 Å². The fourth-order valence-electron chi connectivity index (χ4n) is 2.38. The number of benzene rings is 2. The third-order valence-electron chi connectivity index (χ3n) is 3.50. The molecule has 0 aromatic heterocycles. The summed E-state index contributed by atoms with van der Waals surface area (Å²) in [6.45, 7) is 2.30. The van der Waals surface area contributed by atoms with Gasteiger partial charge in [-0.1, -0.05) is 60.7 Å². The fourth-order valence-corrected chi connectivity index (χ4v) is 2.45. The fraction of sp³-hybridized carbons (Fsp3) is 0.278. The lowest BCUT2D eigenvalue weighted by atomic mass is 9.88. The Morgan fingerprint density at radius 1 is 1.00 bits per heavy atom. The molecule has 1 atom stereocenters. The van der Waals surface area contributed by atoms with E-state index < -0.39 is 5.38 Å². The summed E-state index contributed by atoms with van der Waals surface area (Å²) in [5, 5.41) is 2.39. The quantitative estimate of drug-likeness (QED) is 0.804. The first-order valence-corrected chi connectivity index (χ1v) is 7.64. The standard InChI is InChI=1S/C18H20ClNO/c1-14(19)18(21)20-13-12-17(15-8-4-2-5-9-15)16-10-6-3-7-11-16/h2-11,14,17H,12-13H2,1H3,(H,20,21). The minimum atomic E-state index is -0.489. The molecule has 2 nitrogen and oxygen atoms in total. The highest BCUT2D eigenvalue weighted by molar-refractivity contribution is 6.30. The third kappa shape index (κ3) is 4.61. The van der Waals surface area contributed by atoms with Gasteiger partial charge in [-0.05, 0) is 24.5 Å². The molecule has 0 bridgehead atoms. The highest BCUT2D eigenvalue weighted by atomic mass is 35.5. The molecular formula is C18H20ClNO. The topological polar surface area (TPSA) is 29.1 Å². The molecule has 0 spiro atoms. The van der Waals surface area contributed by atoms with Gasteiger partial charge in [-0.15, -0.1) is 11.6 Å². The molecular weight excluding hydrogens is 282 g/mol. The maximum absolute atomic E-state index is 11.6. The van der Waals surface area contributed by atoms with Crippen LogP contribution in [0.1, 0.15) is 30.4 Å². The Morgan fingerprint density at radius 3 is 1.90 bits per heavy atom. The molecule has 1 unspecified atom stereocenters. The SMILES string of the molecule is CC(Cl)C(=O)NCCC(c1ccccc1)c1ccccc1. The van der Waals surface area contributed by atoms with Crippen LogP contribution in [0.3, 0.4) is 0 Å². The van der Waals surface area contributed by atoms with Crippen molar-refractivity contribution in [3.05, 3.63) is 71.8 Å². The number of halogens is 1. The lowest BCUT2D eigenvalue weighted by molar-refractivity contribution is -0.120. The molecule has 0 aliphatic heterocycles. The van der Waals surface area contributed by atoms with Crippen LogP contribution in [-0.4, -0.2) is 17.8 Å². The van der Waals surface area contributed by atoms with E-state index in [9.17, 15) is 4.79 Å². The molecule has 0 aliphatic rings. The van der Waals surface area contributed by atoms with E-state index in [0.29, 0.717) is 6.54 Å². The molecule has 3 heteroatoms. The van der Waals surface area contributed by atoms with Gasteiger partial charge in [0.1, 0.15) is 5.38 Å². The summed E-state index contributed by atoms with van der Waals surface area (Å²) in [7, 11) is 0. The number of carbonyl (C=O) groups excluding carboxylic acids is 1. The van der Waals surface area contributed by atoms with Gasteiger partial charge in [0, 0.05) is 12.5 Å². The Balaban J connectivity index is 2.09. The van der Waals surface area contributed by atoms with Crippen molar-refractivity contribution in [2.24, 2.45) is 0 Å². The number of rotatable bonds is 6. The van der Waals surface area contributed by atoms with Gasteiger partial charge in [0.05, 0.1) is 0 Å². The zero-order valence-corrected chi connectivity index (χ0v) is 12.9. The molecule has 0 aliphatic carbocycles. The number of hydrogen-bond acceptors (Lipinski definition) is 1. The molecule has 2 rings (SSSR count). The smallest absolute Gasteiger partial charge is 0.237 e. The van der Waals surface area contributed by atoms with Crippen LogP contribution in [0.15, 0.2) is 60.7 Å². The van der Waals surface area contributed by atoms with E-state index in [1.807, 2.05) is 36.4 Å². The van der Waals surface area contributed by atoms with Crippen molar-refractivity contribution in [3.63, 3.8) is 0 Å². The minimum Gasteiger partial charge on any atom is -0.355 e. The number of carbonyl (C=O) groups is 1. The second kappa shape index (κ2) is 7.84. The first kappa shape index (κ1) is 15.6. The second-order valence-corrected chi connectivity index (χ2v) is 5.72. The maximum atomic E-state index is 11.6. The van der Waals surface area contributed by atoms with Gasteiger partial charge in [0.2, 0.25) is 5.91 Å². The number of alkyl halides is 1. The number of amides is 1. The molecule has 0 heterocycles. The number of hydrogen-bond donors (Lipinski definition) is 1. The van der Waals surface area contributed by atoms with E-state index in [1.54, 1.807) is 6.92 Å². The van der Waals surface area contributed by atoms with Crippen molar-refractivity contribution >= 4 is 17.5 Å². The summed E-state index contributed by atoms with van der Waals surface area (Å²) in [6, 6.07) is 20.7. The molecule has 2 aromatic carbocycles. The molecule has 0 saturated carbocycles. The Morgan fingerprint density at radius 2 is 1.48 bits per heavy atom. The average Bonchev–Trinajstić information content (AvgIpc) is 2.53. The summed E-state index contributed by atoms with van der Waals surface area (Å²) in [6.07, 6.45) is 0.851. The normalized spacial score (nSPS) is 12.1. The molecule has 21 heavy (non-hydrogen) atoms. The second-order valence-electron chi connectivity index (χ2n) is 5.07. The van der Waals surface area contributed by atoms with Crippen LogP contribution in [0, 0.1) is 0 Å². The average molecular weight is 302 g/mol. The van der Waals surface area contributed by atoms with Crippen LogP contribution in [0.25, 0.3) is 0 Å². The summed E-state index contributed by atoms with van der Waals surface area (Å²) in [4.78, 5) is 11.6. The highest BCUT2D eigenvalue weighted by Gasteiger charge is 2.15. The van der Waals surface area contributed by atoms with Crippen molar-refractivity contribution in [1.29, 1.82) is 0 Å². The predicted octanol–water partition coefficient (Wildman–Crippen LogP) is 3.95. The molecule has 1 amide bonds. The lowest BCUT2D eigenvalue weighted by Crippen LogP contribution is -2.31. The Hall–Kier alpha value is -1.80. The number of nitrogens with one attached hydrogen (secondary N) is 1. The van der Waals surface area contributed by atoms with E-state index in [1.165, 1.54) is 11.1 Å². The van der Waals surface area contributed by atoms with Gasteiger partial charge in [0.25, 0.3) is 0 Å². The van der Waals surface area contributed by atoms with Crippen LogP contribution >= 0.6 is 11.6 Å². The van der Waals surface area contributed by atoms with Gasteiger partial charge in [-0.2, -0.15) is 0 Å². The summed E-state index contributed by atoms with van der Waals surface area (Å²) < 4.78 is 0. The minimum absolute atomic E-state index is 0.114. The molecule has 0 radical (unpaired) electrons. The van der Waals surface area contributed by atoms with E-state index in [2.05, 4.69) is 29.6 Å². The molecule has 0 fully saturated rings. The van der Waals surface area contributed by atoms with Crippen molar-refractivity contribution in [2.45, 2.75) is 24.6 Å². The van der Waals surface area contributed by atoms with Gasteiger partial charge < -0.3 is 5.32 Å². The monoisotopic (exact) mass is 301 g/mol. The van der Waals surface area contributed by atoms with Crippen molar-refractivity contribution < 1.29 is 4.79 Å². The molecule has 0 saturated heterocycles. The van der Waals surface area contributed by atoms with Gasteiger partial charge >= 0.3 is 0 Å². The van der Waals surface area contributed by atoms with E-state index in [4.69, 9.17) is 11.6 Å². The molecule has 1 N–H and O–H groups in total. The van der Waals surface area contributed by atoms with Crippen LogP contribution in [0.5, 0.6) is 0 Å². The third-order valence-corrected chi connectivity index (χ3v) is 3.70. The predicted molar refractivity (Wildman–Crippen MR) is 87.7 cm³/mol. The van der Waals surface area contributed by atoms with Crippen molar-refractivity contribution in [1.82, 2.24) is 5.32 Å². The molecule has 110 valence electrons. The van der Waals surface area contributed by atoms with Gasteiger partial charge in [-0.3, -0.25) is 4.79 Å². The van der Waals surface area contributed by atoms with Crippen LogP contribution in [-0.2, 0) is 4.79 Å².